The highest BCUT2D eigenvalue weighted by Crippen LogP contribution is 2.34. The lowest BCUT2D eigenvalue weighted by atomic mass is 10.2. The van der Waals surface area contributed by atoms with Gasteiger partial charge in [-0.25, -0.2) is 9.37 Å². The van der Waals surface area contributed by atoms with E-state index in [2.05, 4.69) is 0 Å². The summed E-state index contributed by atoms with van der Waals surface area (Å²) in [6.45, 7) is 7.16. The first-order chi connectivity index (χ1) is 13.5. The van der Waals surface area contributed by atoms with E-state index in [1.807, 2.05) is 45.0 Å². The van der Waals surface area contributed by atoms with Crippen molar-refractivity contribution in [2.75, 3.05) is 6.61 Å². The fourth-order valence-corrected chi connectivity index (χ4v) is 4.00. The minimum absolute atomic E-state index is 0.0341. The zero-order valence-electron chi connectivity index (χ0n) is 16.4. The van der Waals surface area contributed by atoms with Gasteiger partial charge in [-0.3, -0.25) is 9.36 Å². The fraction of sp³-hybridized carbons (Fsp3) is 0.364. The van der Waals surface area contributed by atoms with Crippen LogP contribution in [-0.2, 0) is 11.3 Å². The third kappa shape index (κ3) is 5.00. The largest absolute Gasteiger partial charge is 0.379 e. The van der Waals surface area contributed by atoms with Crippen LogP contribution in [0.3, 0.4) is 0 Å². The Kier molecular flexibility index (Phi) is 6.86. The molecular weight excluding hydrogens is 375 g/mol. The van der Waals surface area contributed by atoms with Crippen LogP contribution in [0.25, 0.3) is 10.9 Å². The first-order valence-electron chi connectivity index (χ1n) is 9.49. The molecule has 0 aliphatic rings. The molecule has 3 aromatic rings. The summed E-state index contributed by atoms with van der Waals surface area (Å²) in [5.74, 6) is -0.258. The van der Waals surface area contributed by atoms with E-state index in [9.17, 15) is 9.18 Å². The summed E-state index contributed by atoms with van der Waals surface area (Å²) in [5, 5.41) is 1.32. The van der Waals surface area contributed by atoms with Crippen molar-refractivity contribution < 1.29 is 9.13 Å². The highest BCUT2D eigenvalue weighted by atomic mass is 32.2. The molecule has 0 saturated heterocycles. The summed E-state index contributed by atoms with van der Waals surface area (Å²) in [6, 6.07) is 13.9. The molecule has 0 bridgehead atoms. The Hall–Kier alpha value is -2.18. The molecule has 0 saturated carbocycles. The Labute approximate surface area is 168 Å². The highest BCUT2D eigenvalue weighted by molar-refractivity contribution is 7.99. The molecule has 1 atom stereocenters. The summed E-state index contributed by atoms with van der Waals surface area (Å²) in [7, 11) is 0. The number of rotatable bonds is 8. The lowest BCUT2D eigenvalue weighted by Crippen LogP contribution is -2.24. The maximum absolute atomic E-state index is 13.2. The van der Waals surface area contributed by atoms with E-state index in [1.54, 1.807) is 16.7 Å². The van der Waals surface area contributed by atoms with Crippen LogP contribution in [0.5, 0.6) is 0 Å². The maximum atomic E-state index is 13.2. The Morgan fingerprint density at radius 1 is 1.11 bits per heavy atom. The second-order valence-electron chi connectivity index (χ2n) is 6.95. The number of hydrogen-bond acceptors (Lipinski definition) is 4. The Balaban J connectivity index is 1.90. The number of ether oxygens (including phenoxy) is 1. The van der Waals surface area contributed by atoms with Crippen molar-refractivity contribution in [2.24, 2.45) is 0 Å². The Morgan fingerprint density at radius 3 is 2.54 bits per heavy atom. The van der Waals surface area contributed by atoms with Crippen LogP contribution in [0.15, 0.2) is 58.5 Å². The second-order valence-corrected chi connectivity index (χ2v) is 8.26. The number of halogens is 1. The number of fused-ring (bicyclic) bond motifs is 1. The number of para-hydroxylation sites is 1. The molecule has 0 amide bonds. The summed E-state index contributed by atoms with van der Waals surface area (Å²) in [4.78, 5) is 17.8. The Morgan fingerprint density at radius 2 is 1.82 bits per heavy atom. The zero-order valence-corrected chi connectivity index (χ0v) is 17.2. The zero-order chi connectivity index (χ0) is 20.1. The standard InChI is InChI=1S/C22H25FN2O2S/c1-15(2)27-14-6-13-25-21(26)19-7-4-5-8-20(19)24-22(25)28-16(3)17-9-11-18(23)12-10-17/h4-5,7-12,15-16H,6,13-14H2,1-3H3. The molecule has 2 aromatic carbocycles. The van der Waals surface area contributed by atoms with Crippen molar-refractivity contribution in [2.45, 2.75) is 50.2 Å². The van der Waals surface area contributed by atoms with E-state index in [1.165, 1.54) is 23.9 Å². The maximum Gasteiger partial charge on any atom is 0.262 e. The van der Waals surface area contributed by atoms with Gasteiger partial charge in [0.1, 0.15) is 5.82 Å². The number of benzene rings is 2. The molecule has 4 nitrogen and oxygen atoms in total. The molecule has 28 heavy (non-hydrogen) atoms. The van der Waals surface area contributed by atoms with Crippen LogP contribution < -0.4 is 5.56 Å². The summed E-state index contributed by atoms with van der Waals surface area (Å²) in [5.41, 5.74) is 1.64. The second kappa shape index (κ2) is 9.34. The van der Waals surface area contributed by atoms with E-state index < -0.39 is 0 Å². The van der Waals surface area contributed by atoms with Crippen molar-refractivity contribution in [3.05, 3.63) is 70.3 Å². The van der Waals surface area contributed by atoms with E-state index in [4.69, 9.17) is 9.72 Å². The van der Waals surface area contributed by atoms with Crippen LogP contribution >= 0.6 is 11.8 Å². The fourth-order valence-electron chi connectivity index (χ4n) is 2.94. The molecular formula is C22H25FN2O2S. The smallest absolute Gasteiger partial charge is 0.262 e. The van der Waals surface area contributed by atoms with Gasteiger partial charge in [0.15, 0.2) is 5.16 Å². The van der Waals surface area contributed by atoms with Crippen molar-refractivity contribution in [1.29, 1.82) is 0 Å². The van der Waals surface area contributed by atoms with Gasteiger partial charge in [0.25, 0.3) is 5.56 Å². The highest BCUT2D eigenvalue weighted by Gasteiger charge is 2.16. The van der Waals surface area contributed by atoms with Gasteiger partial charge in [-0.15, -0.1) is 0 Å². The third-order valence-electron chi connectivity index (χ3n) is 4.43. The molecule has 1 heterocycles. The summed E-state index contributed by atoms with van der Waals surface area (Å²) < 4.78 is 20.6. The van der Waals surface area contributed by atoms with E-state index in [0.29, 0.717) is 29.2 Å². The molecule has 1 unspecified atom stereocenters. The molecule has 3 rings (SSSR count). The monoisotopic (exact) mass is 400 g/mol. The number of aromatic nitrogens is 2. The normalized spacial score (nSPS) is 12.6. The lowest BCUT2D eigenvalue weighted by Gasteiger charge is -2.17. The van der Waals surface area contributed by atoms with Gasteiger partial charge >= 0.3 is 0 Å². The molecule has 0 fully saturated rings. The van der Waals surface area contributed by atoms with Crippen molar-refractivity contribution in [3.63, 3.8) is 0 Å². The number of hydrogen-bond donors (Lipinski definition) is 0. The molecule has 6 heteroatoms. The number of thioether (sulfide) groups is 1. The Bertz CT molecular complexity index is 986. The van der Waals surface area contributed by atoms with E-state index in [0.717, 1.165) is 12.0 Å². The van der Waals surface area contributed by atoms with Gasteiger partial charge in [0.2, 0.25) is 0 Å². The summed E-state index contributed by atoms with van der Waals surface area (Å²) >= 11 is 1.51. The summed E-state index contributed by atoms with van der Waals surface area (Å²) in [6.07, 6.45) is 0.898. The van der Waals surface area contributed by atoms with Gasteiger partial charge in [0.05, 0.1) is 17.0 Å². The molecule has 0 aliphatic carbocycles. The first kappa shape index (κ1) is 20.6. The molecule has 148 valence electrons. The number of nitrogens with zero attached hydrogens (tertiary/aromatic N) is 2. The predicted octanol–water partition coefficient (Wildman–Crippen LogP) is 5.20. The minimum Gasteiger partial charge on any atom is -0.379 e. The quantitative estimate of drug-likeness (QED) is 0.296. The van der Waals surface area contributed by atoms with Crippen molar-refractivity contribution in [3.8, 4) is 0 Å². The SMILES string of the molecule is CC(C)OCCCn1c(SC(C)c2ccc(F)cc2)nc2ccccc2c1=O. The molecule has 0 spiro atoms. The van der Waals surface area contributed by atoms with Crippen LogP contribution in [0.1, 0.15) is 38.0 Å². The average molecular weight is 401 g/mol. The molecule has 0 N–H and O–H groups in total. The molecule has 0 radical (unpaired) electrons. The van der Waals surface area contributed by atoms with Crippen molar-refractivity contribution in [1.82, 2.24) is 9.55 Å². The van der Waals surface area contributed by atoms with Gasteiger partial charge in [-0.2, -0.15) is 0 Å². The van der Waals surface area contributed by atoms with Gasteiger partial charge < -0.3 is 4.74 Å². The van der Waals surface area contributed by atoms with Crippen LogP contribution in [0, 0.1) is 5.82 Å². The van der Waals surface area contributed by atoms with Crippen molar-refractivity contribution >= 4 is 22.7 Å². The lowest BCUT2D eigenvalue weighted by molar-refractivity contribution is 0.0743. The van der Waals surface area contributed by atoms with E-state index >= 15 is 0 Å². The third-order valence-corrected chi connectivity index (χ3v) is 5.57. The topological polar surface area (TPSA) is 44.1 Å². The van der Waals surface area contributed by atoms with Crippen LogP contribution in [0.2, 0.25) is 0 Å². The van der Waals surface area contributed by atoms with Crippen LogP contribution in [-0.4, -0.2) is 22.3 Å². The predicted molar refractivity (Wildman–Crippen MR) is 112 cm³/mol. The van der Waals surface area contributed by atoms with E-state index in [-0.39, 0.29) is 22.7 Å². The van der Waals surface area contributed by atoms with Crippen LogP contribution in [0.4, 0.5) is 4.39 Å². The minimum atomic E-state index is -0.258. The van der Waals surface area contributed by atoms with Gasteiger partial charge in [0, 0.05) is 18.4 Å². The first-order valence-corrected chi connectivity index (χ1v) is 10.4. The van der Waals surface area contributed by atoms with Gasteiger partial charge in [-0.1, -0.05) is 36.0 Å². The van der Waals surface area contributed by atoms with Gasteiger partial charge in [-0.05, 0) is 57.0 Å². The molecule has 1 aromatic heterocycles. The molecule has 0 aliphatic heterocycles. The average Bonchev–Trinajstić information content (AvgIpc) is 2.67.